The first kappa shape index (κ1) is 41.9. The largest absolute Gasteiger partial charge is 2.00 e. The predicted octanol–water partition coefficient (Wildman–Crippen LogP) is 2.36. The molecule has 0 heterocycles. The molecule has 0 aromatic heterocycles. The summed E-state index contributed by atoms with van der Waals surface area (Å²) in [6.07, 6.45) is 0. The Morgan fingerprint density at radius 2 is 0.405 bits per heavy atom. The normalized spacial score (nSPS) is 10.8. The van der Waals surface area contributed by atoms with E-state index in [-0.39, 0.29) is 58.5 Å². The van der Waals surface area contributed by atoms with Gasteiger partial charge >= 0.3 is 39.0 Å². The van der Waals surface area contributed by atoms with Crippen molar-refractivity contribution in [1.29, 1.82) is 0 Å². The summed E-state index contributed by atoms with van der Waals surface area (Å²) in [5.41, 5.74) is 0. The minimum Gasteiger partial charge on any atom is -0.744 e. The average molecular weight is 759 g/mol. The molecule has 0 saturated heterocycles. The van der Waals surface area contributed by atoms with Crippen LogP contribution < -0.4 is 0 Å². The van der Waals surface area contributed by atoms with Crippen LogP contribution in [0.15, 0.2) is 141 Å². The van der Waals surface area contributed by atoms with Crippen LogP contribution in [0.5, 0.6) is 0 Å². The molecule has 0 unspecified atom stereocenters. The van der Waals surface area contributed by atoms with E-state index < -0.39 is 40.5 Å². The fourth-order valence-corrected chi connectivity index (χ4v) is 4.31. The van der Waals surface area contributed by atoms with Gasteiger partial charge in [0.2, 0.25) is 0 Å². The van der Waals surface area contributed by atoms with E-state index in [1.807, 2.05) is 0 Å². The van der Waals surface area contributed by atoms with Crippen LogP contribution in [-0.2, 0) is 79.4 Å². The third-order valence-corrected chi connectivity index (χ3v) is 7.53. The van der Waals surface area contributed by atoms with Crippen molar-refractivity contribution in [3.05, 3.63) is 121 Å². The molecule has 0 spiro atoms. The monoisotopic (exact) mass is 756 g/mol. The van der Waals surface area contributed by atoms with E-state index in [1.54, 1.807) is 24.3 Å². The molecule has 0 bridgehead atoms. The molecule has 0 amide bonds. The molecular weight excluding hydrogens is 739 g/mol. The molecule has 0 radical (unpaired) electrons. The Morgan fingerprint density at radius 3 is 0.476 bits per heavy atom. The smallest absolute Gasteiger partial charge is 0.744 e. The fourth-order valence-electron chi connectivity index (χ4n) is 2.35. The summed E-state index contributed by atoms with van der Waals surface area (Å²) in [4.78, 5) is -0.741. The Hall–Kier alpha value is -2.23. The maximum absolute atomic E-state index is 10.3. The second kappa shape index (κ2) is 19.1. The topological polar surface area (TPSA) is 229 Å². The molecule has 42 heavy (non-hydrogen) atoms. The van der Waals surface area contributed by atoms with Crippen molar-refractivity contribution in [3.8, 4) is 0 Å². The SMILES string of the molecule is O=S(=O)([O-])c1ccccc1.O=S(=O)([O-])c1ccccc1.O=S(=O)([O-])c1ccccc1.O=S(=O)([O-])c1ccccc1.[Zn+2].[Zn+2]. The maximum Gasteiger partial charge on any atom is 2.00 e. The van der Waals surface area contributed by atoms with Crippen molar-refractivity contribution in [1.82, 2.24) is 0 Å². The fraction of sp³-hybridized carbons (Fsp3) is 0. The van der Waals surface area contributed by atoms with E-state index in [0.717, 1.165) is 0 Å². The summed E-state index contributed by atoms with van der Waals surface area (Å²) in [5, 5.41) is 0. The quantitative estimate of drug-likeness (QED) is 0.216. The van der Waals surface area contributed by atoms with Crippen molar-refractivity contribution >= 4 is 40.5 Å². The molecule has 0 aliphatic rings. The molecule has 0 aliphatic heterocycles. The van der Waals surface area contributed by atoms with Gasteiger partial charge in [-0.3, -0.25) is 0 Å². The number of rotatable bonds is 4. The zero-order chi connectivity index (χ0) is 30.5. The molecule has 4 aromatic carbocycles. The van der Waals surface area contributed by atoms with E-state index in [2.05, 4.69) is 0 Å². The van der Waals surface area contributed by atoms with Gasteiger partial charge in [0, 0.05) is 0 Å². The summed E-state index contributed by atoms with van der Waals surface area (Å²) in [7, 11) is -17.0. The molecule has 12 nitrogen and oxygen atoms in total. The number of benzene rings is 4. The van der Waals surface area contributed by atoms with Gasteiger partial charge in [-0.15, -0.1) is 0 Å². The molecule has 4 rings (SSSR count). The van der Waals surface area contributed by atoms with Crippen molar-refractivity contribution in [2.75, 3.05) is 0 Å². The minimum atomic E-state index is -4.25. The summed E-state index contributed by atoms with van der Waals surface area (Å²) < 4.78 is 123. The summed E-state index contributed by atoms with van der Waals surface area (Å²) in [6, 6.07) is 28.8. The molecule has 4 aromatic rings. The first-order valence-corrected chi connectivity index (χ1v) is 16.1. The maximum atomic E-state index is 10.3. The number of hydrogen-bond donors (Lipinski definition) is 0. The standard InChI is InChI=1S/4C6H6O3S.2Zn/c4*7-10(8,9)6-4-2-1-3-5-6;;/h4*1-5H,(H,7,8,9);;/q;;;;2*+2/p-4. The van der Waals surface area contributed by atoms with Gasteiger partial charge in [-0.2, -0.15) is 0 Å². The van der Waals surface area contributed by atoms with Crippen molar-refractivity contribution < 1.29 is 90.8 Å². The van der Waals surface area contributed by atoms with E-state index in [0.29, 0.717) is 0 Å². The summed E-state index contributed by atoms with van der Waals surface area (Å²) >= 11 is 0. The zero-order valence-electron chi connectivity index (χ0n) is 21.5. The predicted molar refractivity (Wildman–Crippen MR) is 138 cm³/mol. The molecular formula is C24H20O12S4Zn2. The van der Waals surface area contributed by atoms with Crippen LogP contribution in [0, 0.1) is 0 Å². The van der Waals surface area contributed by atoms with Crippen LogP contribution >= 0.6 is 0 Å². The molecule has 0 aliphatic carbocycles. The second-order valence-electron chi connectivity index (χ2n) is 7.07. The van der Waals surface area contributed by atoms with Crippen molar-refractivity contribution in [2.45, 2.75) is 19.6 Å². The summed E-state index contributed by atoms with van der Waals surface area (Å²) in [5.74, 6) is 0. The Labute approximate surface area is 270 Å². The van der Waals surface area contributed by atoms with Gasteiger partial charge in [-0.05, 0) is 48.5 Å². The Bertz CT molecular complexity index is 1490. The zero-order valence-corrected chi connectivity index (χ0v) is 30.7. The van der Waals surface area contributed by atoms with Crippen LogP contribution in [0.2, 0.25) is 0 Å². The minimum absolute atomic E-state index is 0. The van der Waals surface area contributed by atoms with Gasteiger partial charge in [0.25, 0.3) is 0 Å². The van der Waals surface area contributed by atoms with E-state index >= 15 is 0 Å². The van der Waals surface area contributed by atoms with Crippen LogP contribution in [0.4, 0.5) is 0 Å². The number of hydrogen-bond acceptors (Lipinski definition) is 12. The first-order valence-electron chi connectivity index (χ1n) is 10.5. The molecule has 0 saturated carbocycles. The molecule has 18 heteroatoms. The molecule has 0 fully saturated rings. The van der Waals surface area contributed by atoms with Crippen molar-refractivity contribution in [3.63, 3.8) is 0 Å². The van der Waals surface area contributed by atoms with Crippen LogP contribution in [0.25, 0.3) is 0 Å². The van der Waals surface area contributed by atoms with Crippen LogP contribution in [-0.4, -0.2) is 51.9 Å². The molecule has 0 atom stereocenters. The van der Waals surface area contributed by atoms with Gasteiger partial charge in [0.1, 0.15) is 40.5 Å². The van der Waals surface area contributed by atoms with E-state index in [9.17, 15) is 51.9 Å². The average Bonchev–Trinajstić information content (AvgIpc) is 2.90. The molecule has 216 valence electrons. The Kier molecular flexibility index (Phi) is 19.1. The van der Waals surface area contributed by atoms with Gasteiger partial charge in [0.15, 0.2) is 0 Å². The Morgan fingerprint density at radius 1 is 0.286 bits per heavy atom. The van der Waals surface area contributed by atoms with E-state index in [4.69, 9.17) is 0 Å². The van der Waals surface area contributed by atoms with Crippen molar-refractivity contribution in [2.24, 2.45) is 0 Å². The third kappa shape index (κ3) is 17.7. The van der Waals surface area contributed by atoms with E-state index in [1.165, 1.54) is 97.1 Å². The van der Waals surface area contributed by atoms with Gasteiger partial charge < -0.3 is 18.2 Å². The first-order chi connectivity index (χ1) is 18.4. The Balaban J connectivity index is 0. The van der Waals surface area contributed by atoms with Gasteiger partial charge in [0.05, 0.1) is 19.6 Å². The van der Waals surface area contributed by atoms with Crippen LogP contribution in [0.1, 0.15) is 0 Å². The second-order valence-corrected chi connectivity index (χ2v) is 12.6. The van der Waals surface area contributed by atoms with Gasteiger partial charge in [-0.25, -0.2) is 33.7 Å². The molecule has 0 N–H and O–H groups in total. The van der Waals surface area contributed by atoms with Crippen LogP contribution in [0.3, 0.4) is 0 Å². The van der Waals surface area contributed by atoms with Gasteiger partial charge in [-0.1, -0.05) is 72.8 Å². The summed E-state index contributed by atoms with van der Waals surface area (Å²) in [6.45, 7) is 0. The third-order valence-electron chi connectivity index (χ3n) is 4.13.